The summed E-state index contributed by atoms with van der Waals surface area (Å²) in [5.41, 5.74) is 6.54. The van der Waals surface area contributed by atoms with Crippen molar-refractivity contribution in [2.45, 2.75) is 6.54 Å². The van der Waals surface area contributed by atoms with Gasteiger partial charge < -0.3 is 5.73 Å². The summed E-state index contributed by atoms with van der Waals surface area (Å²) >= 11 is 0. The van der Waals surface area contributed by atoms with Crippen LogP contribution in [-0.2, 0) is 11.1 Å². The second kappa shape index (κ2) is 6.40. The molecule has 0 fully saturated rings. The van der Waals surface area contributed by atoms with Gasteiger partial charge in [-0.2, -0.15) is 0 Å². The van der Waals surface area contributed by atoms with Crippen LogP contribution >= 0.6 is 9.12 Å². The Bertz CT molecular complexity index is 167. The van der Waals surface area contributed by atoms with Gasteiger partial charge in [-0.15, -0.1) is 0 Å². The van der Waals surface area contributed by atoms with Gasteiger partial charge in [0, 0.05) is 6.54 Å². The van der Waals surface area contributed by atoms with Crippen molar-refractivity contribution in [1.82, 2.24) is 0 Å². The molecule has 0 amide bonds. The predicted molar refractivity (Wildman–Crippen MR) is 43.3 cm³/mol. The van der Waals surface area contributed by atoms with Crippen LogP contribution in [0.1, 0.15) is 5.56 Å². The number of nitrogens with two attached hydrogens (primary N) is 1. The molecule has 0 heterocycles. The monoisotopic (exact) mass is 155 g/mol. The fraction of sp³-hybridized carbons (Fsp3) is 0.143. The molecule has 1 aromatic rings. The molecule has 0 spiro atoms. The van der Waals surface area contributed by atoms with E-state index >= 15 is 0 Å². The van der Waals surface area contributed by atoms with E-state index in [0.717, 1.165) is 0 Å². The normalized spacial score (nSPS) is 7.70. The van der Waals surface area contributed by atoms with Gasteiger partial charge in [0.1, 0.15) is 9.12 Å². The first-order valence-electron chi connectivity index (χ1n) is 2.88. The summed E-state index contributed by atoms with van der Waals surface area (Å²) in [6, 6.07) is 9.99. The van der Waals surface area contributed by atoms with Crippen molar-refractivity contribution in [2.75, 3.05) is 0 Å². The highest BCUT2D eigenvalue weighted by Crippen LogP contribution is 1.94. The van der Waals surface area contributed by atoms with E-state index in [0.29, 0.717) is 6.54 Å². The minimum absolute atomic E-state index is 0.640. The van der Waals surface area contributed by atoms with E-state index in [-0.39, 0.29) is 0 Å². The maximum Gasteiger partial charge on any atom is 0.138 e. The molecule has 0 radical (unpaired) electrons. The fourth-order valence-corrected chi connectivity index (χ4v) is 0.614. The van der Waals surface area contributed by atoms with Crippen molar-refractivity contribution >= 4 is 9.12 Å². The first-order valence-corrected chi connectivity index (χ1v) is 3.28. The van der Waals surface area contributed by atoms with Gasteiger partial charge in [-0.1, -0.05) is 30.3 Å². The lowest BCUT2D eigenvalue weighted by molar-refractivity contribution is 0.607. The third-order valence-electron chi connectivity index (χ3n) is 1.08. The number of benzene rings is 1. The van der Waals surface area contributed by atoms with Crippen LogP contribution in [0.3, 0.4) is 0 Å². The number of hydrogen-bond acceptors (Lipinski definition) is 2. The number of hydrogen-bond donors (Lipinski definition) is 1. The molecule has 0 aromatic heterocycles. The van der Waals surface area contributed by atoms with Crippen molar-refractivity contribution in [3.05, 3.63) is 35.9 Å². The zero-order valence-electron chi connectivity index (χ0n) is 5.58. The Kier molecular flexibility index (Phi) is 5.94. The van der Waals surface area contributed by atoms with Crippen LogP contribution in [0.2, 0.25) is 0 Å². The summed E-state index contributed by atoms with van der Waals surface area (Å²) in [5, 5.41) is 0. The Morgan fingerprint density at radius 3 is 2.00 bits per heavy atom. The summed E-state index contributed by atoms with van der Waals surface area (Å²) in [6.45, 7) is 0.640. The van der Waals surface area contributed by atoms with Gasteiger partial charge >= 0.3 is 0 Å². The van der Waals surface area contributed by atoms with Gasteiger partial charge in [-0.3, -0.25) is 4.57 Å². The maximum absolute atomic E-state index is 8.06. The number of rotatable bonds is 1. The summed E-state index contributed by atoms with van der Waals surface area (Å²) in [6.07, 6.45) is 0. The fourth-order valence-electron chi connectivity index (χ4n) is 0.614. The topological polar surface area (TPSA) is 43.1 Å². The molecule has 0 saturated carbocycles. The minimum atomic E-state index is 0.640. The second-order valence-electron chi connectivity index (χ2n) is 1.69. The van der Waals surface area contributed by atoms with Crippen LogP contribution in [-0.4, -0.2) is 0 Å². The highest BCUT2D eigenvalue weighted by molar-refractivity contribution is 7.00. The average Bonchev–Trinajstić information content (AvgIpc) is 2.10. The second-order valence-corrected chi connectivity index (χ2v) is 1.69. The molecule has 0 aliphatic heterocycles. The molecule has 0 aliphatic rings. The van der Waals surface area contributed by atoms with E-state index < -0.39 is 0 Å². The van der Waals surface area contributed by atoms with E-state index in [9.17, 15) is 0 Å². The lowest BCUT2D eigenvalue weighted by atomic mass is 10.2. The van der Waals surface area contributed by atoms with E-state index in [2.05, 4.69) is 0 Å². The molecule has 0 unspecified atom stereocenters. The van der Waals surface area contributed by atoms with Crippen molar-refractivity contribution in [1.29, 1.82) is 0 Å². The van der Waals surface area contributed by atoms with E-state index in [4.69, 9.17) is 10.3 Å². The summed E-state index contributed by atoms with van der Waals surface area (Å²) < 4.78 is 8.06. The van der Waals surface area contributed by atoms with Crippen molar-refractivity contribution in [3.8, 4) is 0 Å². The zero-order chi connectivity index (χ0) is 7.82. The molecular formula is C7H10NOP. The van der Waals surface area contributed by atoms with Crippen molar-refractivity contribution < 1.29 is 4.57 Å². The minimum Gasteiger partial charge on any atom is -0.326 e. The van der Waals surface area contributed by atoms with Crippen LogP contribution in [0, 0.1) is 0 Å². The molecule has 1 aromatic carbocycles. The van der Waals surface area contributed by atoms with Gasteiger partial charge in [-0.05, 0) is 5.56 Å². The predicted octanol–water partition coefficient (Wildman–Crippen LogP) is 1.62. The van der Waals surface area contributed by atoms with Gasteiger partial charge in [0.2, 0.25) is 0 Å². The zero-order valence-corrected chi connectivity index (χ0v) is 6.58. The molecule has 0 aliphatic carbocycles. The van der Waals surface area contributed by atoms with Crippen LogP contribution in [0.5, 0.6) is 0 Å². The summed E-state index contributed by atoms with van der Waals surface area (Å²) in [4.78, 5) is 0. The smallest absolute Gasteiger partial charge is 0.138 e. The van der Waals surface area contributed by atoms with Crippen molar-refractivity contribution in [3.63, 3.8) is 0 Å². The molecule has 0 atom stereocenters. The molecule has 2 nitrogen and oxygen atoms in total. The Hall–Kier alpha value is -0.720. The van der Waals surface area contributed by atoms with Gasteiger partial charge in [-0.25, -0.2) is 0 Å². The first kappa shape index (κ1) is 9.28. The average molecular weight is 155 g/mol. The Labute approximate surface area is 62.7 Å². The van der Waals surface area contributed by atoms with E-state index in [1.807, 2.05) is 30.3 Å². The molecule has 0 bridgehead atoms. The van der Waals surface area contributed by atoms with Gasteiger partial charge in [0.05, 0.1) is 0 Å². The quantitative estimate of drug-likeness (QED) is 0.626. The lowest BCUT2D eigenvalue weighted by Gasteiger charge is -1.90. The molecule has 54 valence electrons. The van der Waals surface area contributed by atoms with Crippen LogP contribution < -0.4 is 5.73 Å². The maximum atomic E-state index is 8.06. The van der Waals surface area contributed by atoms with Gasteiger partial charge in [0.25, 0.3) is 0 Å². The molecule has 0 saturated heterocycles. The first-order chi connectivity index (χ1) is 4.93. The third-order valence-corrected chi connectivity index (χ3v) is 1.08. The van der Waals surface area contributed by atoms with Crippen LogP contribution in [0.15, 0.2) is 30.3 Å². The van der Waals surface area contributed by atoms with Crippen LogP contribution in [0.4, 0.5) is 0 Å². The molecule has 2 N–H and O–H groups in total. The van der Waals surface area contributed by atoms with E-state index in [1.165, 1.54) is 5.56 Å². The molecule has 10 heavy (non-hydrogen) atoms. The molecule has 3 heteroatoms. The SMILES string of the molecule is NCc1ccccc1.O=P. The summed E-state index contributed by atoms with van der Waals surface area (Å²) in [7, 11) is 1.72. The molecular weight excluding hydrogens is 145 g/mol. The van der Waals surface area contributed by atoms with Crippen molar-refractivity contribution in [2.24, 2.45) is 5.73 Å². The lowest BCUT2D eigenvalue weighted by Crippen LogP contribution is -1.94. The Morgan fingerprint density at radius 2 is 1.70 bits per heavy atom. The highest BCUT2D eigenvalue weighted by Gasteiger charge is 1.80. The standard InChI is InChI=1S/C7H9N.HOP/c8-6-7-4-2-1-3-5-7;1-2/h1-5H,6,8H2;2H. The van der Waals surface area contributed by atoms with Crippen LogP contribution in [0.25, 0.3) is 0 Å². The van der Waals surface area contributed by atoms with E-state index in [1.54, 1.807) is 9.12 Å². The van der Waals surface area contributed by atoms with Gasteiger partial charge in [0.15, 0.2) is 0 Å². The Morgan fingerprint density at radius 1 is 1.20 bits per heavy atom. The summed E-state index contributed by atoms with van der Waals surface area (Å²) in [5.74, 6) is 0. The largest absolute Gasteiger partial charge is 0.326 e. The highest BCUT2D eigenvalue weighted by atomic mass is 31.0. The molecule has 1 rings (SSSR count). The Balaban J connectivity index is 0.000000371. The third kappa shape index (κ3) is 3.33.